The van der Waals surface area contributed by atoms with Gasteiger partial charge in [0.15, 0.2) is 0 Å². The number of halogens is 3. The van der Waals surface area contributed by atoms with Crippen molar-refractivity contribution in [2.45, 2.75) is 19.1 Å². The Kier molecular flexibility index (Phi) is 2.83. The van der Waals surface area contributed by atoms with Crippen molar-refractivity contribution in [3.8, 4) is 0 Å². The van der Waals surface area contributed by atoms with Gasteiger partial charge in [-0.3, -0.25) is 0 Å². The Morgan fingerprint density at radius 3 is 2.41 bits per heavy atom. The smallest absolute Gasteiger partial charge is 0.324 e. The summed E-state index contributed by atoms with van der Waals surface area (Å²) in [4.78, 5) is 0. The van der Waals surface area contributed by atoms with E-state index in [4.69, 9.17) is 5.73 Å². The largest absolute Gasteiger partial charge is 0.417 e. The maximum Gasteiger partial charge on any atom is 0.417 e. The van der Waals surface area contributed by atoms with Crippen LogP contribution in [0.15, 0.2) is 36.4 Å². The molecule has 0 saturated heterocycles. The lowest BCUT2D eigenvalue weighted by Gasteiger charge is -2.12. The van der Waals surface area contributed by atoms with E-state index in [1.807, 2.05) is 0 Å². The van der Waals surface area contributed by atoms with E-state index in [1.165, 1.54) is 12.1 Å². The highest BCUT2D eigenvalue weighted by Crippen LogP contribution is 2.35. The van der Waals surface area contributed by atoms with E-state index in [1.54, 1.807) is 25.1 Å². The molecule has 90 valence electrons. The fourth-order valence-corrected chi connectivity index (χ4v) is 1.82. The molecular weight excluding hydrogens is 227 g/mol. The van der Waals surface area contributed by atoms with E-state index >= 15 is 0 Å². The second-order valence-electron chi connectivity index (χ2n) is 4.07. The molecule has 0 aromatic heterocycles. The van der Waals surface area contributed by atoms with Gasteiger partial charge in [0.25, 0.3) is 0 Å². The molecule has 4 heteroatoms. The van der Waals surface area contributed by atoms with Crippen molar-refractivity contribution in [3.63, 3.8) is 0 Å². The van der Waals surface area contributed by atoms with Gasteiger partial charge >= 0.3 is 6.18 Å². The lowest BCUT2D eigenvalue weighted by molar-refractivity contribution is -0.136. The summed E-state index contributed by atoms with van der Waals surface area (Å²) >= 11 is 0. The van der Waals surface area contributed by atoms with Gasteiger partial charge in [-0.25, -0.2) is 0 Å². The van der Waals surface area contributed by atoms with Crippen LogP contribution in [0.1, 0.15) is 24.1 Å². The molecule has 0 heterocycles. The molecule has 2 rings (SSSR count). The van der Waals surface area contributed by atoms with Crippen molar-refractivity contribution in [1.29, 1.82) is 0 Å². The van der Waals surface area contributed by atoms with Crippen LogP contribution in [-0.2, 0) is 6.18 Å². The zero-order valence-electron chi connectivity index (χ0n) is 9.25. The molecule has 2 aromatic carbocycles. The molecule has 0 amide bonds. The Labute approximate surface area is 97.0 Å². The third-order valence-electron chi connectivity index (χ3n) is 2.74. The third kappa shape index (κ3) is 2.26. The second kappa shape index (κ2) is 4.04. The standard InChI is InChI=1S/C13H12F3N/c1-8(17)10-6-5-9-3-2-4-12(11(9)7-10)13(14,15)16/h2-8H,17H2,1H3. The van der Waals surface area contributed by atoms with Crippen molar-refractivity contribution >= 4 is 10.8 Å². The van der Waals surface area contributed by atoms with E-state index in [0.717, 1.165) is 6.07 Å². The van der Waals surface area contributed by atoms with Gasteiger partial charge in [0.2, 0.25) is 0 Å². The molecule has 1 atom stereocenters. The van der Waals surface area contributed by atoms with Crippen LogP contribution in [0.5, 0.6) is 0 Å². The van der Waals surface area contributed by atoms with E-state index in [9.17, 15) is 13.2 Å². The molecule has 17 heavy (non-hydrogen) atoms. The monoisotopic (exact) mass is 239 g/mol. The molecule has 0 saturated carbocycles. The Morgan fingerprint density at radius 2 is 1.82 bits per heavy atom. The zero-order valence-corrected chi connectivity index (χ0v) is 9.25. The van der Waals surface area contributed by atoms with Gasteiger partial charge in [0.05, 0.1) is 5.56 Å². The predicted molar refractivity (Wildman–Crippen MR) is 61.6 cm³/mol. The minimum absolute atomic E-state index is 0.204. The summed E-state index contributed by atoms with van der Waals surface area (Å²) in [5.74, 6) is 0. The van der Waals surface area contributed by atoms with Crippen LogP contribution in [0, 0.1) is 0 Å². The molecular formula is C13H12F3N. The molecule has 0 spiro atoms. The van der Waals surface area contributed by atoms with Crippen LogP contribution in [0.4, 0.5) is 13.2 Å². The summed E-state index contributed by atoms with van der Waals surface area (Å²) in [6, 6.07) is 8.83. The summed E-state index contributed by atoms with van der Waals surface area (Å²) < 4.78 is 38.5. The van der Waals surface area contributed by atoms with E-state index in [0.29, 0.717) is 10.9 Å². The molecule has 0 aliphatic heterocycles. The maximum absolute atomic E-state index is 12.8. The van der Waals surface area contributed by atoms with Gasteiger partial charge in [0, 0.05) is 6.04 Å². The Hall–Kier alpha value is -1.55. The Morgan fingerprint density at radius 1 is 1.12 bits per heavy atom. The highest BCUT2D eigenvalue weighted by Gasteiger charge is 2.32. The van der Waals surface area contributed by atoms with Crippen LogP contribution in [0.3, 0.4) is 0 Å². The Bertz CT molecular complexity index is 544. The maximum atomic E-state index is 12.8. The summed E-state index contributed by atoms with van der Waals surface area (Å²) in [6.45, 7) is 1.75. The second-order valence-corrected chi connectivity index (χ2v) is 4.07. The predicted octanol–water partition coefficient (Wildman–Crippen LogP) is 3.88. The van der Waals surface area contributed by atoms with Crippen molar-refractivity contribution in [1.82, 2.24) is 0 Å². The van der Waals surface area contributed by atoms with Gasteiger partial charge in [-0.15, -0.1) is 0 Å². The molecule has 0 aliphatic rings. The number of nitrogens with two attached hydrogens (primary N) is 1. The van der Waals surface area contributed by atoms with Gasteiger partial charge < -0.3 is 5.73 Å². The van der Waals surface area contributed by atoms with Crippen molar-refractivity contribution in [2.75, 3.05) is 0 Å². The molecule has 2 N–H and O–H groups in total. The summed E-state index contributed by atoms with van der Waals surface area (Å²) in [6.07, 6.45) is -4.34. The molecule has 0 aliphatic carbocycles. The molecule has 2 aromatic rings. The lowest BCUT2D eigenvalue weighted by atomic mass is 9.99. The molecule has 1 unspecified atom stereocenters. The van der Waals surface area contributed by atoms with Gasteiger partial charge in [-0.2, -0.15) is 13.2 Å². The molecule has 0 radical (unpaired) electrons. The number of benzene rings is 2. The topological polar surface area (TPSA) is 26.0 Å². The van der Waals surface area contributed by atoms with Crippen LogP contribution in [-0.4, -0.2) is 0 Å². The van der Waals surface area contributed by atoms with Gasteiger partial charge in [0.1, 0.15) is 0 Å². The minimum atomic E-state index is -4.34. The number of alkyl halides is 3. The number of hydrogen-bond acceptors (Lipinski definition) is 1. The average Bonchev–Trinajstić information content (AvgIpc) is 2.26. The first kappa shape index (κ1) is 11.9. The zero-order chi connectivity index (χ0) is 12.6. The molecule has 0 fully saturated rings. The van der Waals surface area contributed by atoms with Crippen LogP contribution >= 0.6 is 0 Å². The number of fused-ring (bicyclic) bond motifs is 1. The Balaban J connectivity index is 2.73. The first-order valence-corrected chi connectivity index (χ1v) is 5.25. The quantitative estimate of drug-likeness (QED) is 0.803. The summed E-state index contributed by atoms with van der Waals surface area (Å²) in [5.41, 5.74) is 5.77. The minimum Gasteiger partial charge on any atom is -0.324 e. The normalized spacial score (nSPS) is 13.9. The first-order valence-electron chi connectivity index (χ1n) is 5.25. The van der Waals surface area contributed by atoms with E-state index in [-0.39, 0.29) is 11.4 Å². The van der Waals surface area contributed by atoms with Crippen molar-refractivity contribution in [2.24, 2.45) is 5.73 Å². The van der Waals surface area contributed by atoms with Crippen molar-refractivity contribution < 1.29 is 13.2 Å². The summed E-state index contributed by atoms with van der Waals surface area (Å²) in [5, 5.41) is 0.777. The van der Waals surface area contributed by atoms with Gasteiger partial charge in [-0.05, 0) is 35.4 Å². The highest BCUT2D eigenvalue weighted by atomic mass is 19.4. The van der Waals surface area contributed by atoms with Gasteiger partial charge in [-0.1, -0.05) is 24.3 Å². The molecule has 1 nitrogen and oxygen atoms in total. The first-order chi connectivity index (χ1) is 7.89. The number of hydrogen-bond donors (Lipinski definition) is 1. The number of rotatable bonds is 1. The van der Waals surface area contributed by atoms with Crippen LogP contribution < -0.4 is 5.73 Å². The van der Waals surface area contributed by atoms with Crippen LogP contribution in [0.2, 0.25) is 0 Å². The fraction of sp³-hybridized carbons (Fsp3) is 0.231. The third-order valence-corrected chi connectivity index (χ3v) is 2.74. The SMILES string of the molecule is CC(N)c1ccc2cccc(C(F)(F)F)c2c1. The molecule has 0 bridgehead atoms. The van der Waals surface area contributed by atoms with Crippen molar-refractivity contribution in [3.05, 3.63) is 47.5 Å². The van der Waals surface area contributed by atoms with E-state index < -0.39 is 11.7 Å². The summed E-state index contributed by atoms with van der Waals surface area (Å²) in [7, 11) is 0. The van der Waals surface area contributed by atoms with E-state index in [2.05, 4.69) is 0 Å². The fourth-order valence-electron chi connectivity index (χ4n) is 1.82. The highest BCUT2D eigenvalue weighted by molar-refractivity contribution is 5.87. The lowest BCUT2D eigenvalue weighted by Crippen LogP contribution is -2.08. The van der Waals surface area contributed by atoms with Crippen LogP contribution in [0.25, 0.3) is 10.8 Å². The average molecular weight is 239 g/mol.